The molecule has 80 heavy (non-hydrogen) atoms. The topological polar surface area (TPSA) is 228 Å². The highest BCUT2D eigenvalue weighted by atomic mass is 16.7. The van der Waals surface area contributed by atoms with Crippen molar-refractivity contribution in [3.05, 3.63) is 72.9 Å². The molecule has 2 saturated heterocycles. The lowest BCUT2D eigenvalue weighted by molar-refractivity contribution is -0.359. The van der Waals surface area contributed by atoms with Gasteiger partial charge in [-0.3, -0.25) is 4.79 Å². The molecule has 0 bridgehead atoms. The summed E-state index contributed by atoms with van der Waals surface area (Å²) in [5, 5.41) is 87.0. The van der Waals surface area contributed by atoms with Gasteiger partial charge in [0.2, 0.25) is 5.91 Å². The summed E-state index contributed by atoms with van der Waals surface area (Å²) >= 11 is 0. The van der Waals surface area contributed by atoms with Gasteiger partial charge < -0.3 is 65.1 Å². The van der Waals surface area contributed by atoms with Crippen molar-refractivity contribution in [2.24, 2.45) is 0 Å². The fourth-order valence-corrected chi connectivity index (χ4v) is 10.2. The van der Waals surface area contributed by atoms with E-state index in [9.17, 15) is 45.6 Å². The molecule has 464 valence electrons. The van der Waals surface area contributed by atoms with E-state index in [4.69, 9.17) is 18.9 Å². The van der Waals surface area contributed by atoms with E-state index in [1.54, 1.807) is 6.08 Å². The maximum atomic E-state index is 13.3. The normalized spacial score (nSPS) is 24.7. The molecule has 0 aromatic rings. The summed E-state index contributed by atoms with van der Waals surface area (Å²) in [7, 11) is 0. The predicted octanol–water partition coefficient (Wildman–Crippen LogP) is 11.9. The lowest BCUT2D eigenvalue weighted by Gasteiger charge is -2.46. The predicted molar refractivity (Wildman–Crippen MR) is 323 cm³/mol. The number of unbranched alkanes of at least 4 members (excludes halogenated alkanes) is 28. The van der Waals surface area contributed by atoms with E-state index in [-0.39, 0.29) is 18.9 Å². The van der Waals surface area contributed by atoms with Crippen LogP contribution in [-0.2, 0) is 23.7 Å². The van der Waals surface area contributed by atoms with Gasteiger partial charge in [0.05, 0.1) is 32.0 Å². The Balaban J connectivity index is 1.64. The van der Waals surface area contributed by atoms with Gasteiger partial charge in [-0.2, -0.15) is 0 Å². The lowest BCUT2D eigenvalue weighted by Crippen LogP contribution is -2.65. The highest BCUT2D eigenvalue weighted by Crippen LogP contribution is 2.30. The van der Waals surface area contributed by atoms with Crippen LogP contribution in [0, 0.1) is 0 Å². The van der Waals surface area contributed by atoms with Crippen LogP contribution in [0.25, 0.3) is 0 Å². The third-order valence-electron chi connectivity index (χ3n) is 15.3. The number of aliphatic hydroxyl groups is 8. The number of hydrogen-bond acceptors (Lipinski definition) is 13. The SMILES string of the molecule is CCCCC/C=C/CC/C=C/CC/C=C/C(O)C(COC1OC(CO)C(OC2OC(CO)C(O)C(O)C2O)C(O)C1O)NC(=O)CCCCCCCCCCCCCCCCCCCC/C=C\C/C=C\C/C=C\CCCCCCC. The molecule has 0 spiro atoms. The monoisotopic (exact) mass is 1130 g/mol. The van der Waals surface area contributed by atoms with Gasteiger partial charge in [0.25, 0.3) is 0 Å². The molecule has 2 aliphatic rings. The Morgan fingerprint density at radius 1 is 0.450 bits per heavy atom. The molecule has 2 aliphatic heterocycles. The second-order valence-corrected chi connectivity index (χ2v) is 22.5. The number of aliphatic hydroxyl groups excluding tert-OH is 8. The van der Waals surface area contributed by atoms with Crippen LogP contribution in [0.2, 0.25) is 0 Å². The molecule has 0 aromatic heterocycles. The molecule has 12 atom stereocenters. The number of allylic oxidation sites excluding steroid dienone is 11. The minimum atomic E-state index is -1.79. The quantitative estimate of drug-likeness (QED) is 0.0204. The van der Waals surface area contributed by atoms with Crippen LogP contribution < -0.4 is 5.32 Å². The maximum Gasteiger partial charge on any atom is 0.220 e. The summed E-state index contributed by atoms with van der Waals surface area (Å²) in [5.74, 6) is -0.254. The number of ether oxygens (including phenoxy) is 4. The van der Waals surface area contributed by atoms with E-state index in [1.807, 2.05) is 6.08 Å². The summed E-state index contributed by atoms with van der Waals surface area (Å²) in [4.78, 5) is 13.3. The zero-order valence-corrected chi connectivity index (χ0v) is 50.1. The van der Waals surface area contributed by atoms with E-state index in [1.165, 1.54) is 154 Å². The molecule has 14 heteroatoms. The van der Waals surface area contributed by atoms with E-state index in [2.05, 4.69) is 79.9 Å². The Labute approximate surface area is 485 Å². The van der Waals surface area contributed by atoms with Crippen molar-refractivity contribution >= 4 is 5.91 Å². The first kappa shape index (κ1) is 73.5. The fraction of sp³-hybridized carbons (Fsp3) is 0.803. The number of nitrogens with one attached hydrogen (secondary N) is 1. The van der Waals surface area contributed by atoms with Gasteiger partial charge in [-0.1, -0.05) is 228 Å². The summed E-state index contributed by atoms with van der Waals surface area (Å²) in [6, 6.07) is -0.939. The molecule has 0 aromatic carbocycles. The smallest absolute Gasteiger partial charge is 0.220 e. The van der Waals surface area contributed by atoms with Gasteiger partial charge in [0, 0.05) is 6.42 Å². The number of carbonyl (C=O) groups excluding carboxylic acids is 1. The second-order valence-electron chi connectivity index (χ2n) is 22.5. The Kier molecular flexibility index (Phi) is 46.8. The highest BCUT2D eigenvalue weighted by Gasteiger charge is 2.51. The van der Waals surface area contributed by atoms with E-state index in [0.717, 1.165) is 57.8 Å². The van der Waals surface area contributed by atoms with Crippen molar-refractivity contribution in [3.8, 4) is 0 Å². The van der Waals surface area contributed by atoms with Crippen LogP contribution in [0.4, 0.5) is 0 Å². The Morgan fingerprint density at radius 3 is 1.34 bits per heavy atom. The Bertz CT molecular complexity index is 1620. The Hall–Kier alpha value is -2.57. The van der Waals surface area contributed by atoms with Crippen LogP contribution in [-0.4, -0.2) is 140 Å². The van der Waals surface area contributed by atoms with Gasteiger partial charge in [0.1, 0.15) is 48.8 Å². The molecule has 2 heterocycles. The average Bonchev–Trinajstić information content (AvgIpc) is 3.49. The van der Waals surface area contributed by atoms with Crippen LogP contribution in [0.1, 0.15) is 245 Å². The number of rotatable bonds is 51. The zero-order chi connectivity index (χ0) is 58.1. The molecular formula is C66H117NO13. The molecule has 14 nitrogen and oxygen atoms in total. The molecule has 0 aliphatic carbocycles. The standard InChI is InChI=1S/C66H117NO13/c1-3-5-7-9-11-13-15-17-18-19-20-21-22-23-24-25-26-27-28-29-30-31-32-33-34-35-36-38-40-42-44-46-48-50-58(71)67-54(55(70)49-47-45-43-41-39-37-16-14-12-10-8-6-4-2)53-77-65-63(76)61(74)64(57(52-69)79-65)80-66-62(75)60(73)59(72)56(51-68)78-66/h12,14-15,17,19-20,22-23,39,41,47,49,54-57,59-66,68-70,72-76H,3-11,13,16,18,21,24-38,40,42-46,48,50-53H2,1-2H3,(H,67,71)/b14-12+,17-15-,20-19-,23-22-,41-39+,49-47+. The molecular weight excluding hydrogens is 1010 g/mol. The molecule has 12 unspecified atom stereocenters. The van der Waals surface area contributed by atoms with Gasteiger partial charge in [-0.15, -0.1) is 0 Å². The summed E-state index contributed by atoms with van der Waals surface area (Å²) in [6.45, 7) is 2.72. The second kappa shape index (κ2) is 50.9. The Morgan fingerprint density at radius 2 is 0.838 bits per heavy atom. The van der Waals surface area contributed by atoms with Crippen molar-refractivity contribution < 1.29 is 64.6 Å². The largest absolute Gasteiger partial charge is 0.394 e. The van der Waals surface area contributed by atoms with Crippen LogP contribution >= 0.6 is 0 Å². The van der Waals surface area contributed by atoms with Crippen LogP contribution in [0.3, 0.4) is 0 Å². The maximum absolute atomic E-state index is 13.3. The number of hydrogen-bond donors (Lipinski definition) is 9. The summed E-state index contributed by atoms with van der Waals surface area (Å²) < 4.78 is 22.7. The van der Waals surface area contributed by atoms with Gasteiger partial charge in [-0.05, 0) is 83.5 Å². The van der Waals surface area contributed by atoms with Crippen molar-refractivity contribution in [2.45, 2.75) is 319 Å². The first-order valence-electron chi connectivity index (χ1n) is 32.2. The van der Waals surface area contributed by atoms with Crippen LogP contribution in [0.5, 0.6) is 0 Å². The average molecular weight is 1130 g/mol. The highest BCUT2D eigenvalue weighted by molar-refractivity contribution is 5.76. The fourth-order valence-electron chi connectivity index (χ4n) is 10.2. The van der Waals surface area contributed by atoms with Crippen molar-refractivity contribution in [1.29, 1.82) is 0 Å². The first-order chi connectivity index (χ1) is 39.1. The molecule has 0 radical (unpaired) electrons. The summed E-state index contributed by atoms with van der Waals surface area (Å²) in [6.07, 6.45) is 51.1. The molecule has 0 saturated carbocycles. The van der Waals surface area contributed by atoms with E-state index in [0.29, 0.717) is 12.8 Å². The third-order valence-corrected chi connectivity index (χ3v) is 15.3. The van der Waals surface area contributed by atoms with Crippen LogP contribution in [0.15, 0.2) is 72.9 Å². The van der Waals surface area contributed by atoms with E-state index >= 15 is 0 Å². The minimum absolute atomic E-state index is 0.254. The van der Waals surface area contributed by atoms with Gasteiger partial charge >= 0.3 is 0 Å². The first-order valence-corrected chi connectivity index (χ1v) is 32.2. The molecule has 2 fully saturated rings. The van der Waals surface area contributed by atoms with Gasteiger partial charge in [-0.25, -0.2) is 0 Å². The molecule has 2 rings (SSSR count). The zero-order valence-electron chi connectivity index (χ0n) is 50.1. The van der Waals surface area contributed by atoms with Crippen molar-refractivity contribution in [2.75, 3.05) is 19.8 Å². The van der Waals surface area contributed by atoms with Gasteiger partial charge in [0.15, 0.2) is 12.6 Å². The van der Waals surface area contributed by atoms with Crippen molar-refractivity contribution in [3.63, 3.8) is 0 Å². The molecule has 1 amide bonds. The third kappa shape index (κ3) is 35.5. The lowest BCUT2D eigenvalue weighted by atomic mass is 9.97. The van der Waals surface area contributed by atoms with E-state index < -0.39 is 86.8 Å². The molecule has 9 N–H and O–H groups in total. The van der Waals surface area contributed by atoms with Crippen molar-refractivity contribution in [1.82, 2.24) is 5.32 Å². The summed E-state index contributed by atoms with van der Waals surface area (Å²) in [5.41, 5.74) is 0. The number of amides is 1. The minimum Gasteiger partial charge on any atom is -0.394 e. The number of carbonyl (C=O) groups is 1.